The molecule has 1 amide bonds. The van der Waals surface area contributed by atoms with Crippen LogP contribution in [0.1, 0.15) is 41.0 Å². The van der Waals surface area contributed by atoms with Gasteiger partial charge in [-0.1, -0.05) is 0 Å². The molecule has 0 saturated carbocycles. The van der Waals surface area contributed by atoms with Gasteiger partial charge in [0.05, 0.1) is 18.8 Å². The molecule has 1 unspecified atom stereocenters. The maximum atomic E-state index is 11.6. The van der Waals surface area contributed by atoms with Crippen molar-refractivity contribution >= 4 is 5.91 Å². The Morgan fingerprint density at radius 1 is 1.55 bits per heavy atom. The second-order valence-electron chi connectivity index (χ2n) is 5.66. The van der Waals surface area contributed by atoms with E-state index in [1.807, 2.05) is 17.8 Å². The van der Waals surface area contributed by atoms with E-state index >= 15 is 0 Å². The van der Waals surface area contributed by atoms with Crippen LogP contribution in [0.5, 0.6) is 0 Å². The number of amides is 1. The SMILES string of the molecule is CNC(=O)c1ccn(C2CCCN(Cc3ncc(C)o3)C2)n1. The summed E-state index contributed by atoms with van der Waals surface area (Å²) in [6, 6.07) is 2.04. The number of oxazole rings is 1. The summed E-state index contributed by atoms with van der Waals surface area (Å²) >= 11 is 0. The van der Waals surface area contributed by atoms with Gasteiger partial charge in [-0.2, -0.15) is 5.10 Å². The normalized spacial score (nSPS) is 19.3. The standard InChI is InChI=1S/C15H21N5O2/c1-11-8-17-14(22-11)10-19-6-3-4-12(9-19)20-7-5-13(18-20)15(21)16-2/h5,7-8,12H,3-4,6,9-10H2,1-2H3,(H,16,21). The van der Waals surface area contributed by atoms with E-state index in [-0.39, 0.29) is 11.9 Å². The first-order valence-corrected chi connectivity index (χ1v) is 7.56. The summed E-state index contributed by atoms with van der Waals surface area (Å²) in [7, 11) is 1.61. The number of piperidine rings is 1. The molecule has 3 rings (SSSR count). The van der Waals surface area contributed by atoms with Crippen molar-refractivity contribution in [3.8, 4) is 0 Å². The van der Waals surface area contributed by atoms with Crippen LogP contribution in [0, 0.1) is 6.92 Å². The van der Waals surface area contributed by atoms with Gasteiger partial charge >= 0.3 is 0 Å². The summed E-state index contributed by atoms with van der Waals surface area (Å²) in [6.07, 6.45) is 5.80. The molecule has 0 aromatic carbocycles. The molecule has 7 heteroatoms. The van der Waals surface area contributed by atoms with Crippen molar-refractivity contribution in [2.45, 2.75) is 32.4 Å². The minimum atomic E-state index is -0.151. The Hall–Kier alpha value is -2.15. The van der Waals surface area contributed by atoms with E-state index < -0.39 is 0 Å². The highest BCUT2D eigenvalue weighted by molar-refractivity contribution is 5.91. The van der Waals surface area contributed by atoms with Crippen LogP contribution in [0.4, 0.5) is 0 Å². The van der Waals surface area contributed by atoms with Crippen molar-refractivity contribution in [3.05, 3.63) is 35.8 Å². The zero-order valence-electron chi connectivity index (χ0n) is 13.0. The van der Waals surface area contributed by atoms with E-state index in [4.69, 9.17) is 4.42 Å². The number of aromatic nitrogens is 3. The van der Waals surface area contributed by atoms with Gasteiger partial charge in [-0.05, 0) is 32.4 Å². The average Bonchev–Trinajstić information content (AvgIpc) is 3.16. The third-order valence-corrected chi connectivity index (χ3v) is 3.95. The van der Waals surface area contributed by atoms with Crippen LogP contribution in [-0.2, 0) is 6.54 Å². The predicted molar refractivity (Wildman–Crippen MR) is 80.4 cm³/mol. The molecule has 1 N–H and O–H groups in total. The molecule has 0 spiro atoms. The number of carbonyl (C=O) groups is 1. The van der Waals surface area contributed by atoms with Crippen molar-refractivity contribution in [1.82, 2.24) is 25.0 Å². The van der Waals surface area contributed by atoms with Gasteiger partial charge in [0.2, 0.25) is 5.89 Å². The third kappa shape index (κ3) is 3.19. The minimum Gasteiger partial charge on any atom is -0.445 e. The van der Waals surface area contributed by atoms with Crippen LogP contribution < -0.4 is 5.32 Å². The highest BCUT2D eigenvalue weighted by atomic mass is 16.4. The fourth-order valence-corrected chi connectivity index (χ4v) is 2.85. The van der Waals surface area contributed by atoms with Crippen molar-refractivity contribution < 1.29 is 9.21 Å². The van der Waals surface area contributed by atoms with Gasteiger partial charge in [0.25, 0.3) is 5.91 Å². The summed E-state index contributed by atoms with van der Waals surface area (Å²) in [4.78, 5) is 18.2. The van der Waals surface area contributed by atoms with Crippen LogP contribution in [0.3, 0.4) is 0 Å². The summed E-state index contributed by atoms with van der Waals surface area (Å²) in [5, 5.41) is 6.98. The number of carbonyl (C=O) groups excluding carboxylic acids is 1. The molecular formula is C15H21N5O2. The molecule has 7 nitrogen and oxygen atoms in total. The molecule has 1 atom stereocenters. The van der Waals surface area contributed by atoms with Gasteiger partial charge in [0.1, 0.15) is 11.5 Å². The molecule has 1 saturated heterocycles. The Labute approximate surface area is 129 Å². The van der Waals surface area contributed by atoms with Crippen LogP contribution in [-0.4, -0.2) is 45.7 Å². The fourth-order valence-electron chi connectivity index (χ4n) is 2.85. The number of rotatable bonds is 4. The molecule has 2 aromatic rings. The van der Waals surface area contributed by atoms with E-state index in [9.17, 15) is 4.79 Å². The Morgan fingerprint density at radius 2 is 2.41 bits per heavy atom. The zero-order valence-corrected chi connectivity index (χ0v) is 13.0. The van der Waals surface area contributed by atoms with Crippen LogP contribution >= 0.6 is 0 Å². The van der Waals surface area contributed by atoms with Gasteiger partial charge < -0.3 is 9.73 Å². The molecule has 22 heavy (non-hydrogen) atoms. The summed E-state index contributed by atoms with van der Waals surface area (Å²) in [5.74, 6) is 1.44. The lowest BCUT2D eigenvalue weighted by molar-refractivity contribution is 0.0955. The molecule has 0 radical (unpaired) electrons. The van der Waals surface area contributed by atoms with Crippen molar-refractivity contribution in [3.63, 3.8) is 0 Å². The van der Waals surface area contributed by atoms with E-state index in [2.05, 4.69) is 20.3 Å². The molecule has 118 valence electrons. The number of nitrogens with zero attached hydrogens (tertiary/aromatic N) is 4. The van der Waals surface area contributed by atoms with Crippen LogP contribution in [0.2, 0.25) is 0 Å². The average molecular weight is 303 g/mol. The minimum absolute atomic E-state index is 0.151. The molecule has 2 aromatic heterocycles. The first-order chi connectivity index (χ1) is 10.7. The maximum Gasteiger partial charge on any atom is 0.271 e. The topological polar surface area (TPSA) is 76.2 Å². The van der Waals surface area contributed by atoms with Gasteiger partial charge in [-0.25, -0.2) is 4.98 Å². The Kier molecular flexibility index (Phi) is 4.24. The highest BCUT2D eigenvalue weighted by Gasteiger charge is 2.23. The molecule has 0 aliphatic carbocycles. The van der Waals surface area contributed by atoms with Gasteiger partial charge in [0.15, 0.2) is 0 Å². The van der Waals surface area contributed by atoms with E-state index in [1.165, 1.54) is 0 Å². The molecule has 0 bridgehead atoms. The zero-order chi connectivity index (χ0) is 15.5. The molecule has 1 fully saturated rings. The van der Waals surface area contributed by atoms with Crippen LogP contribution in [0.25, 0.3) is 0 Å². The fraction of sp³-hybridized carbons (Fsp3) is 0.533. The Morgan fingerprint density at radius 3 is 3.14 bits per heavy atom. The molecule has 1 aliphatic heterocycles. The van der Waals surface area contributed by atoms with Gasteiger partial charge in [-0.3, -0.25) is 14.4 Å². The van der Waals surface area contributed by atoms with Crippen molar-refractivity contribution in [2.75, 3.05) is 20.1 Å². The first-order valence-electron chi connectivity index (χ1n) is 7.56. The predicted octanol–water partition coefficient (Wildman–Crippen LogP) is 1.38. The lowest BCUT2D eigenvalue weighted by atomic mass is 10.1. The van der Waals surface area contributed by atoms with E-state index in [0.29, 0.717) is 12.2 Å². The van der Waals surface area contributed by atoms with Gasteiger partial charge in [-0.15, -0.1) is 0 Å². The summed E-state index contributed by atoms with van der Waals surface area (Å²) < 4.78 is 7.45. The Balaban J connectivity index is 1.65. The quantitative estimate of drug-likeness (QED) is 0.923. The largest absolute Gasteiger partial charge is 0.445 e. The second kappa shape index (κ2) is 6.31. The summed E-state index contributed by atoms with van der Waals surface area (Å²) in [6.45, 7) is 4.53. The maximum absolute atomic E-state index is 11.6. The first kappa shape index (κ1) is 14.8. The second-order valence-corrected chi connectivity index (χ2v) is 5.66. The van der Waals surface area contributed by atoms with Crippen molar-refractivity contribution in [2.24, 2.45) is 0 Å². The highest BCUT2D eigenvalue weighted by Crippen LogP contribution is 2.22. The summed E-state index contributed by atoms with van der Waals surface area (Å²) in [5.41, 5.74) is 0.461. The number of aryl methyl sites for hydroxylation is 1. The number of hydrogen-bond donors (Lipinski definition) is 1. The molecular weight excluding hydrogens is 282 g/mol. The number of nitrogens with one attached hydrogen (secondary N) is 1. The van der Waals surface area contributed by atoms with Gasteiger partial charge in [0, 0.05) is 19.8 Å². The monoisotopic (exact) mass is 303 g/mol. The number of likely N-dealkylation sites (tertiary alicyclic amines) is 1. The molecule has 1 aliphatic rings. The van der Waals surface area contributed by atoms with Crippen LogP contribution in [0.15, 0.2) is 22.9 Å². The molecule has 3 heterocycles. The van der Waals surface area contributed by atoms with E-state index in [0.717, 1.165) is 37.6 Å². The number of hydrogen-bond acceptors (Lipinski definition) is 5. The lowest BCUT2D eigenvalue weighted by Gasteiger charge is -2.31. The Bertz CT molecular complexity index is 648. The van der Waals surface area contributed by atoms with E-state index in [1.54, 1.807) is 19.3 Å². The third-order valence-electron chi connectivity index (χ3n) is 3.95. The smallest absolute Gasteiger partial charge is 0.271 e. The van der Waals surface area contributed by atoms with Crippen molar-refractivity contribution in [1.29, 1.82) is 0 Å². The lowest BCUT2D eigenvalue weighted by Crippen LogP contribution is -2.36.